The molecule has 136 valence electrons. The first-order valence-corrected chi connectivity index (χ1v) is 8.76. The summed E-state index contributed by atoms with van der Waals surface area (Å²) in [6.07, 6.45) is 2.94. The fraction of sp³-hybridized carbons (Fsp3) is 0.350. The Bertz CT molecular complexity index is 804. The molecule has 3 rings (SSSR count). The highest BCUT2D eigenvalue weighted by molar-refractivity contribution is 6.00. The first-order chi connectivity index (χ1) is 12.5. The Morgan fingerprint density at radius 2 is 2.15 bits per heavy atom. The molecular weight excluding hydrogens is 330 g/mol. The molecule has 1 saturated heterocycles. The van der Waals surface area contributed by atoms with E-state index in [1.807, 2.05) is 18.3 Å². The molecule has 1 fully saturated rings. The molecule has 1 aliphatic heterocycles. The van der Waals surface area contributed by atoms with Crippen molar-refractivity contribution in [2.24, 2.45) is 5.92 Å². The van der Waals surface area contributed by atoms with E-state index in [-0.39, 0.29) is 29.9 Å². The molecule has 2 aromatic rings. The van der Waals surface area contributed by atoms with Crippen LogP contribution in [0.15, 0.2) is 42.6 Å². The van der Waals surface area contributed by atoms with Crippen molar-refractivity contribution in [3.05, 3.63) is 53.9 Å². The number of aromatic hydroxyl groups is 1. The topological polar surface area (TPSA) is 73.7 Å². The summed E-state index contributed by atoms with van der Waals surface area (Å²) in [5.41, 5.74) is 2.60. The number of aromatic nitrogens is 1. The van der Waals surface area contributed by atoms with Gasteiger partial charge in [0.05, 0.1) is 18.2 Å². The number of nitrogens with zero attached hydrogens (tertiary/aromatic N) is 3. The minimum Gasteiger partial charge on any atom is -0.508 e. The molecule has 1 unspecified atom stereocenters. The van der Waals surface area contributed by atoms with Crippen molar-refractivity contribution in [1.82, 2.24) is 9.88 Å². The number of benzene rings is 1. The van der Waals surface area contributed by atoms with Crippen molar-refractivity contribution in [2.45, 2.75) is 26.3 Å². The first kappa shape index (κ1) is 17.9. The normalized spacial score (nSPS) is 16.8. The predicted octanol–water partition coefficient (Wildman–Crippen LogP) is 2.36. The predicted molar refractivity (Wildman–Crippen MR) is 98.7 cm³/mol. The Labute approximate surface area is 153 Å². The number of rotatable bonds is 5. The Kier molecular flexibility index (Phi) is 5.21. The second-order valence-electron chi connectivity index (χ2n) is 6.63. The van der Waals surface area contributed by atoms with E-state index in [4.69, 9.17) is 0 Å². The Morgan fingerprint density at radius 1 is 1.35 bits per heavy atom. The summed E-state index contributed by atoms with van der Waals surface area (Å²) in [6, 6.07) is 10.5. The third-order valence-electron chi connectivity index (χ3n) is 4.69. The standard InChI is InChI=1S/C20H23N3O3/c1-3-14-7-8-16(21-11-14)13-22(2)20(26)15-9-19(25)23(12-15)17-5-4-6-18(24)10-17/h4-8,10-11,15,24H,3,9,12-13H2,1-2H3. The zero-order chi connectivity index (χ0) is 18.7. The third-order valence-corrected chi connectivity index (χ3v) is 4.69. The van der Waals surface area contributed by atoms with Gasteiger partial charge in [-0.25, -0.2) is 0 Å². The van der Waals surface area contributed by atoms with Crippen LogP contribution in [0.5, 0.6) is 5.75 Å². The van der Waals surface area contributed by atoms with Gasteiger partial charge >= 0.3 is 0 Å². The summed E-state index contributed by atoms with van der Waals surface area (Å²) < 4.78 is 0. The zero-order valence-corrected chi connectivity index (χ0v) is 15.1. The molecule has 1 aliphatic rings. The molecule has 0 saturated carbocycles. The highest BCUT2D eigenvalue weighted by Gasteiger charge is 2.36. The number of anilines is 1. The van der Waals surface area contributed by atoms with E-state index in [0.29, 0.717) is 18.8 Å². The van der Waals surface area contributed by atoms with Crippen LogP contribution in [0, 0.1) is 5.92 Å². The van der Waals surface area contributed by atoms with E-state index in [9.17, 15) is 14.7 Å². The zero-order valence-electron chi connectivity index (χ0n) is 15.1. The molecule has 0 bridgehead atoms. The molecule has 26 heavy (non-hydrogen) atoms. The molecule has 2 amide bonds. The number of hydrogen-bond acceptors (Lipinski definition) is 4. The summed E-state index contributed by atoms with van der Waals surface area (Å²) >= 11 is 0. The number of carbonyl (C=O) groups is 2. The number of phenols is 1. The van der Waals surface area contributed by atoms with Gasteiger partial charge in [0.1, 0.15) is 5.75 Å². The van der Waals surface area contributed by atoms with Crippen molar-refractivity contribution in [2.75, 3.05) is 18.5 Å². The number of aryl methyl sites for hydroxylation is 1. The first-order valence-electron chi connectivity index (χ1n) is 8.76. The van der Waals surface area contributed by atoms with E-state index in [1.54, 1.807) is 35.0 Å². The van der Waals surface area contributed by atoms with Gasteiger partial charge in [0.2, 0.25) is 11.8 Å². The van der Waals surface area contributed by atoms with Crippen LogP contribution >= 0.6 is 0 Å². The number of amides is 2. The minimum absolute atomic E-state index is 0.0672. The molecule has 0 radical (unpaired) electrons. The van der Waals surface area contributed by atoms with Crippen molar-refractivity contribution in [1.29, 1.82) is 0 Å². The van der Waals surface area contributed by atoms with Crippen LogP contribution in [-0.4, -0.2) is 40.4 Å². The summed E-state index contributed by atoms with van der Waals surface area (Å²) in [5, 5.41) is 9.60. The lowest BCUT2D eigenvalue weighted by molar-refractivity contribution is -0.135. The van der Waals surface area contributed by atoms with Crippen LogP contribution < -0.4 is 4.90 Å². The molecule has 0 spiro atoms. The molecule has 1 N–H and O–H groups in total. The molecular formula is C20H23N3O3. The van der Waals surface area contributed by atoms with Crippen LogP contribution in [0.4, 0.5) is 5.69 Å². The van der Waals surface area contributed by atoms with E-state index >= 15 is 0 Å². The summed E-state index contributed by atoms with van der Waals surface area (Å²) in [5.74, 6) is -0.455. The quantitative estimate of drug-likeness (QED) is 0.895. The largest absolute Gasteiger partial charge is 0.508 e. The Morgan fingerprint density at radius 3 is 2.81 bits per heavy atom. The van der Waals surface area contributed by atoms with E-state index in [1.165, 1.54) is 6.07 Å². The maximum Gasteiger partial charge on any atom is 0.228 e. The van der Waals surface area contributed by atoms with Crippen molar-refractivity contribution in [3.63, 3.8) is 0 Å². The van der Waals surface area contributed by atoms with E-state index < -0.39 is 0 Å². The molecule has 1 aromatic carbocycles. The lowest BCUT2D eigenvalue weighted by atomic mass is 10.1. The molecule has 6 heteroatoms. The fourth-order valence-corrected chi connectivity index (χ4v) is 3.17. The van der Waals surface area contributed by atoms with Gasteiger partial charge in [-0.05, 0) is 30.2 Å². The average Bonchev–Trinajstić information content (AvgIpc) is 3.03. The Hall–Kier alpha value is -2.89. The monoisotopic (exact) mass is 353 g/mol. The smallest absolute Gasteiger partial charge is 0.228 e. The van der Waals surface area contributed by atoms with Gasteiger partial charge in [-0.1, -0.05) is 19.1 Å². The highest BCUT2D eigenvalue weighted by Crippen LogP contribution is 2.28. The minimum atomic E-state index is -0.384. The molecule has 1 atom stereocenters. The summed E-state index contributed by atoms with van der Waals surface area (Å²) in [6.45, 7) is 2.81. The molecule has 2 heterocycles. The SMILES string of the molecule is CCc1ccc(CN(C)C(=O)C2CC(=O)N(c3cccc(O)c3)C2)nc1. The number of phenolic OH excluding ortho intramolecular Hbond substituents is 1. The maximum absolute atomic E-state index is 12.7. The summed E-state index contributed by atoms with van der Waals surface area (Å²) in [4.78, 5) is 32.6. The summed E-state index contributed by atoms with van der Waals surface area (Å²) in [7, 11) is 1.74. The number of pyridine rings is 1. The Balaban J connectivity index is 1.65. The number of carbonyl (C=O) groups excluding carboxylic acids is 2. The maximum atomic E-state index is 12.7. The van der Waals surface area contributed by atoms with Gasteiger partial charge in [-0.3, -0.25) is 14.6 Å². The van der Waals surface area contributed by atoms with Crippen molar-refractivity contribution in [3.8, 4) is 5.75 Å². The third kappa shape index (κ3) is 3.85. The molecule has 6 nitrogen and oxygen atoms in total. The van der Waals surface area contributed by atoms with Crippen LogP contribution in [0.1, 0.15) is 24.6 Å². The highest BCUT2D eigenvalue weighted by atomic mass is 16.3. The van der Waals surface area contributed by atoms with Crippen molar-refractivity contribution >= 4 is 17.5 Å². The van der Waals surface area contributed by atoms with Crippen LogP contribution in [0.3, 0.4) is 0 Å². The van der Waals surface area contributed by atoms with Gasteiger partial charge < -0.3 is 14.9 Å². The van der Waals surface area contributed by atoms with E-state index in [2.05, 4.69) is 11.9 Å². The molecule has 1 aromatic heterocycles. The number of hydrogen-bond donors (Lipinski definition) is 1. The second kappa shape index (κ2) is 7.56. The van der Waals surface area contributed by atoms with Crippen LogP contribution in [-0.2, 0) is 22.6 Å². The van der Waals surface area contributed by atoms with Gasteiger partial charge in [0, 0.05) is 38.0 Å². The molecule has 0 aliphatic carbocycles. The lowest BCUT2D eigenvalue weighted by Crippen LogP contribution is -2.34. The van der Waals surface area contributed by atoms with Gasteiger partial charge in [0.15, 0.2) is 0 Å². The van der Waals surface area contributed by atoms with Crippen LogP contribution in [0.2, 0.25) is 0 Å². The van der Waals surface area contributed by atoms with Gasteiger partial charge in [-0.15, -0.1) is 0 Å². The average molecular weight is 353 g/mol. The second-order valence-corrected chi connectivity index (χ2v) is 6.63. The fourth-order valence-electron chi connectivity index (χ4n) is 3.17. The van der Waals surface area contributed by atoms with E-state index in [0.717, 1.165) is 17.7 Å². The van der Waals surface area contributed by atoms with Crippen molar-refractivity contribution < 1.29 is 14.7 Å². The van der Waals surface area contributed by atoms with Gasteiger partial charge in [-0.2, -0.15) is 0 Å². The lowest BCUT2D eigenvalue weighted by Gasteiger charge is -2.21. The van der Waals surface area contributed by atoms with Gasteiger partial charge in [0.25, 0.3) is 0 Å². The van der Waals surface area contributed by atoms with Crippen LogP contribution in [0.25, 0.3) is 0 Å².